The maximum atomic E-state index is 11.9. The number of hydrogen-bond donors (Lipinski definition) is 3. The van der Waals surface area contributed by atoms with Gasteiger partial charge in [0, 0.05) is 43.8 Å². The molecule has 130 valence electrons. The molecule has 2 rings (SSSR count). The van der Waals surface area contributed by atoms with Gasteiger partial charge in [0.05, 0.1) is 11.5 Å². The smallest absolute Gasteiger partial charge is 0.331 e. The van der Waals surface area contributed by atoms with Gasteiger partial charge in [0.25, 0.3) is 5.69 Å². The van der Waals surface area contributed by atoms with Gasteiger partial charge in [0.2, 0.25) is 5.91 Å². The molecule has 1 amide bonds. The lowest BCUT2D eigenvalue weighted by Crippen LogP contribution is -2.55. The summed E-state index contributed by atoms with van der Waals surface area (Å²) >= 11 is 0. The lowest BCUT2D eigenvalue weighted by atomic mass is 9.98. The Balaban J connectivity index is 1.72. The average molecular weight is 337 g/mol. The van der Waals surface area contributed by atoms with Crippen molar-refractivity contribution in [1.29, 1.82) is 0 Å². The third-order valence-electron chi connectivity index (χ3n) is 3.80. The van der Waals surface area contributed by atoms with Crippen molar-refractivity contribution in [3.05, 3.63) is 34.4 Å². The van der Waals surface area contributed by atoms with Gasteiger partial charge in [0.1, 0.15) is 0 Å². The molecule has 9 heteroatoms. The fourth-order valence-corrected chi connectivity index (χ4v) is 2.40. The number of carboxylic acid groups (broad SMARTS) is 1. The zero-order valence-corrected chi connectivity index (χ0v) is 13.0. The number of aliphatic carboxylic acids is 1. The summed E-state index contributed by atoms with van der Waals surface area (Å²) < 4.78 is 5.08. The van der Waals surface area contributed by atoms with Crippen LogP contribution < -0.4 is 10.6 Å². The first-order valence-corrected chi connectivity index (χ1v) is 7.53. The van der Waals surface area contributed by atoms with E-state index in [1.165, 1.54) is 12.1 Å². The second-order valence-electron chi connectivity index (χ2n) is 5.57. The number of nitrogens with zero attached hydrogens (tertiary/aromatic N) is 1. The van der Waals surface area contributed by atoms with E-state index in [4.69, 9.17) is 4.74 Å². The van der Waals surface area contributed by atoms with E-state index >= 15 is 0 Å². The number of nitro benzene ring substituents is 1. The van der Waals surface area contributed by atoms with E-state index in [1.807, 2.05) is 0 Å². The SMILES string of the molecule is O=C(CCCNc1ccc([N+](=O)[O-])cc1)NC1(C(=O)O)CCOC1. The monoisotopic (exact) mass is 337 g/mol. The summed E-state index contributed by atoms with van der Waals surface area (Å²) in [6, 6.07) is 5.97. The Morgan fingerprint density at radius 2 is 2.04 bits per heavy atom. The molecule has 0 aliphatic carbocycles. The molecular formula is C15H19N3O6. The largest absolute Gasteiger partial charge is 0.479 e. The summed E-state index contributed by atoms with van der Waals surface area (Å²) in [5.74, 6) is -1.43. The standard InChI is InChI=1S/C15H19N3O6/c19-13(17-15(14(20)21)7-9-24-10-15)2-1-8-16-11-3-5-12(6-4-11)18(22)23/h3-6,16H,1-2,7-10H2,(H,17,19)(H,20,21). The average Bonchev–Trinajstić information content (AvgIpc) is 3.02. The molecule has 1 heterocycles. The van der Waals surface area contributed by atoms with Gasteiger partial charge in [-0.15, -0.1) is 0 Å². The normalized spacial score (nSPS) is 19.7. The number of hydrogen-bond acceptors (Lipinski definition) is 6. The lowest BCUT2D eigenvalue weighted by Gasteiger charge is -2.23. The topological polar surface area (TPSA) is 131 Å². The molecule has 1 atom stereocenters. The first-order valence-electron chi connectivity index (χ1n) is 7.53. The van der Waals surface area contributed by atoms with Crippen LogP contribution in [-0.2, 0) is 14.3 Å². The minimum Gasteiger partial charge on any atom is -0.479 e. The molecule has 1 aliphatic heterocycles. The first kappa shape index (κ1) is 17.7. The molecule has 9 nitrogen and oxygen atoms in total. The predicted octanol–water partition coefficient (Wildman–Crippen LogP) is 1.15. The number of nitrogens with one attached hydrogen (secondary N) is 2. The third kappa shape index (κ3) is 4.42. The van der Waals surface area contributed by atoms with Gasteiger partial charge in [-0.1, -0.05) is 0 Å². The minimum atomic E-state index is -1.32. The van der Waals surface area contributed by atoms with E-state index in [9.17, 15) is 24.8 Å². The molecule has 1 aromatic carbocycles. The molecule has 1 unspecified atom stereocenters. The highest BCUT2D eigenvalue weighted by Gasteiger charge is 2.43. The number of amides is 1. The van der Waals surface area contributed by atoms with Crippen LogP contribution >= 0.6 is 0 Å². The number of nitro groups is 1. The van der Waals surface area contributed by atoms with Crippen molar-refractivity contribution >= 4 is 23.3 Å². The number of carboxylic acids is 1. The molecule has 1 fully saturated rings. The molecule has 0 aromatic heterocycles. The van der Waals surface area contributed by atoms with Crippen molar-refractivity contribution in [1.82, 2.24) is 5.32 Å². The fraction of sp³-hybridized carbons (Fsp3) is 0.467. The minimum absolute atomic E-state index is 0.0117. The Morgan fingerprint density at radius 3 is 2.58 bits per heavy atom. The Kier molecular flexibility index (Phi) is 5.69. The van der Waals surface area contributed by atoms with Crippen LogP contribution in [0.2, 0.25) is 0 Å². The van der Waals surface area contributed by atoms with Crippen LogP contribution in [0.1, 0.15) is 19.3 Å². The summed E-state index contributed by atoms with van der Waals surface area (Å²) in [6.45, 7) is 0.783. The zero-order valence-electron chi connectivity index (χ0n) is 13.0. The molecule has 0 spiro atoms. The van der Waals surface area contributed by atoms with E-state index in [2.05, 4.69) is 10.6 Å². The van der Waals surface area contributed by atoms with Crippen LogP contribution in [0.5, 0.6) is 0 Å². The van der Waals surface area contributed by atoms with Gasteiger partial charge in [-0.2, -0.15) is 0 Å². The van der Waals surface area contributed by atoms with E-state index in [-0.39, 0.29) is 31.0 Å². The van der Waals surface area contributed by atoms with Gasteiger partial charge in [-0.25, -0.2) is 4.79 Å². The molecule has 0 radical (unpaired) electrons. The highest BCUT2D eigenvalue weighted by atomic mass is 16.6. The zero-order chi connectivity index (χ0) is 17.6. The molecule has 0 bridgehead atoms. The van der Waals surface area contributed by atoms with Gasteiger partial charge < -0.3 is 20.5 Å². The first-order chi connectivity index (χ1) is 11.4. The van der Waals surface area contributed by atoms with Gasteiger partial charge in [-0.05, 0) is 18.6 Å². The van der Waals surface area contributed by atoms with Gasteiger partial charge >= 0.3 is 5.97 Å². The highest BCUT2D eigenvalue weighted by Crippen LogP contribution is 2.19. The molecule has 3 N–H and O–H groups in total. The maximum absolute atomic E-state index is 11.9. The van der Waals surface area contributed by atoms with E-state index in [0.29, 0.717) is 25.3 Å². The van der Waals surface area contributed by atoms with Crippen LogP contribution in [0.25, 0.3) is 0 Å². The Morgan fingerprint density at radius 1 is 1.33 bits per heavy atom. The summed E-state index contributed by atoms with van der Waals surface area (Å²) in [6.07, 6.45) is 0.934. The van der Waals surface area contributed by atoms with E-state index in [1.54, 1.807) is 12.1 Å². The number of ether oxygens (including phenoxy) is 1. The number of anilines is 1. The summed E-state index contributed by atoms with van der Waals surface area (Å²) in [5.41, 5.74) is -0.590. The van der Waals surface area contributed by atoms with Crippen molar-refractivity contribution in [2.75, 3.05) is 25.1 Å². The number of benzene rings is 1. The second kappa shape index (κ2) is 7.73. The van der Waals surface area contributed by atoms with Crippen LogP contribution in [0.4, 0.5) is 11.4 Å². The van der Waals surface area contributed by atoms with E-state index in [0.717, 1.165) is 0 Å². The molecule has 1 aromatic rings. The van der Waals surface area contributed by atoms with Crippen molar-refractivity contribution in [2.45, 2.75) is 24.8 Å². The fourth-order valence-electron chi connectivity index (χ4n) is 2.40. The number of carbonyl (C=O) groups excluding carboxylic acids is 1. The Labute approximate surface area is 138 Å². The van der Waals surface area contributed by atoms with Crippen LogP contribution in [0.3, 0.4) is 0 Å². The van der Waals surface area contributed by atoms with Crippen molar-refractivity contribution in [3.8, 4) is 0 Å². The molecule has 1 aliphatic rings. The summed E-state index contributed by atoms with van der Waals surface area (Å²) in [4.78, 5) is 33.3. The van der Waals surface area contributed by atoms with Crippen molar-refractivity contribution in [2.24, 2.45) is 0 Å². The molecule has 0 saturated carbocycles. The van der Waals surface area contributed by atoms with Crippen LogP contribution in [0, 0.1) is 10.1 Å². The second-order valence-corrected chi connectivity index (χ2v) is 5.57. The molecule has 1 saturated heterocycles. The summed E-state index contributed by atoms with van der Waals surface area (Å²) in [7, 11) is 0. The van der Waals surface area contributed by atoms with Crippen LogP contribution in [-0.4, -0.2) is 47.2 Å². The molecule has 24 heavy (non-hydrogen) atoms. The summed E-state index contributed by atoms with van der Waals surface area (Å²) in [5, 5.41) is 25.4. The van der Waals surface area contributed by atoms with Crippen LogP contribution in [0.15, 0.2) is 24.3 Å². The number of rotatable bonds is 8. The van der Waals surface area contributed by atoms with E-state index < -0.39 is 16.4 Å². The van der Waals surface area contributed by atoms with Crippen molar-refractivity contribution < 1.29 is 24.4 Å². The Bertz CT molecular complexity index is 610. The maximum Gasteiger partial charge on any atom is 0.331 e. The van der Waals surface area contributed by atoms with Gasteiger partial charge in [0.15, 0.2) is 5.54 Å². The third-order valence-corrected chi connectivity index (χ3v) is 3.80. The highest BCUT2D eigenvalue weighted by molar-refractivity contribution is 5.87. The predicted molar refractivity (Wildman–Crippen MR) is 84.8 cm³/mol. The van der Waals surface area contributed by atoms with Gasteiger partial charge in [-0.3, -0.25) is 14.9 Å². The number of carbonyl (C=O) groups is 2. The quantitative estimate of drug-likeness (QED) is 0.368. The number of non-ortho nitro benzene ring substituents is 1. The van der Waals surface area contributed by atoms with Crippen molar-refractivity contribution in [3.63, 3.8) is 0 Å². The Hall–Kier alpha value is -2.68. The molecular weight excluding hydrogens is 318 g/mol. The lowest BCUT2D eigenvalue weighted by molar-refractivity contribution is -0.384.